The van der Waals surface area contributed by atoms with Crippen LogP contribution in [0, 0.1) is 0 Å². The molecule has 1 heterocycles. The Labute approximate surface area is 166 Å². The zero-order valence-electron chi connectivity index (χ0n) is 14.9. The van der Waals surface area contributed by atoms with E-state index < -0.39 is 11.8 Å². The first kappa shape index (κ1) is 19.3. The Balaban J connectivity index is 1.76. The Morgan fingerprint density at radius 3 is 2.18 bits per heavy atom. The van der Waals surface area contributed by atoms with Gasteiger partial charge in [-0.15, -0.1) is 0 Å². The van der Waals surface area contributed by atoms with Gasteiger partial charge in [0.2, 0.25) is 0 Å². The summed E-state index contributed by atoms with van der Waals surface area (Å²) < 4.78 is 0. The highest BCUT2D eigenvalue weighted by Crippen LogP contribution is 2.21. The molecule has 6 nitrogen and oxygen atoms in total. The average Bonchev–Trinajstić information content (AvgIpc) is 2.70. The van der Waals surface area contributed by atoms with Crippen molar-refractivity contribution in [2.45, 2.75) is 6.92 Å². The Bertz CT molecular complexity index is 1070. The number of benzene rings is 2. The second-order valence-electron chi connectivity index (χ2n) is 5.99. The third kappa shape index (κ3) is 4.61. The molecule has 0 fully saturated rings. The largest absolute Gasteiger partial charge is 0.322 e. The number of anilines is 2. The number of halogens is 1. The van der Waals surface area contributed by atoms with Gasteiger partial charge in [-0.25, -0.2) is 0 Å². The minimum Gasteiger partial charge on any atom is -0.322 e. The van der Waals surface area contributed by atoms with E-state index in [4.69, 9.17) is 11.6 Å². The first-order valence-corrected chi connectivity index (χ1v) is 8.75. The van der Waals surface area contributed by atoms with Crippen LogP contribution in [0.2, 0.25) is 5.02 Å². The van der Waals surface area contributed by atoms with Gasteiger partial charge in [-0.3, -0.25) is 19.4 Å². The Hall–Kier alpha value is -3.51. The quantitative estimate of drug-likeness (QED) is 0.627. The van der Waals surface area contributed by atoms with E-state index in [1.54, 1.807) is 48.5 Å². The van der Waals surface area contributed by atoms with Gasteiger partial charge in [0.05, 0.1) is 21.8 Å². The molecular weight excluding hydrogens is 378 g/mol. The lowest BCUT2D eigenvalue weighted by Crippen LogP contribution is -2.16. The van der Waals surface area contributed by atoms with Crippen LogP contribution in [-0.2, 0) is 0 Å². The van der Waals surface area contributed by atoms with Crippen LogP contribution in [0.1, 0.15) is 38.0 Å². The summed E-state index contributed by atoms with van der Waals surface area (Å²) in [6.45, 7) is 1.45. The second-order valence-corrected chi connectivity index (χ2v) is 6.39. The number of hydrogen-bond donors (Lipinski definition) is 2. The molecule has 3 rings (SSSR count). The molecule has 0 radical (unpaired) electrons. The van der Waals surface area contributed by atoms with Crippen LogP contribution in [-0.4, -0.2) is 22.6 Å². The number of rotatable bonds is 5. The summed E-state index contributed by atoms with van der Waals surface area (Å²) in [7, 11) is 0. The molecule has 0 aliphatic heterocycles. The van der Waals surface area contributed by atoms with Crippen molar-refractivity contribution in [1.29, 1.82) is 0 Å². The summed E-state index contributed by atoms with van der Waals surface area (Å²) in [5, 5.41) is 5.78. The second kappa shape index (κ2) is 8.45. The first-order valence-electron chi connectivity index (χ1n) is 8.37. The summed E-state index contributed by atoms with van der Waals surface area (Å²) in [5.41, 5.74) is 1.85. The number of carbonyl (C=O) groups excluding carboxylic acids is 3. The van der Waals surface area contributed by atoms with Gasteiger partial charge in [0.1, 0.15) is 0 Å². The van der Waals surface area contributed by atoms with Gasteiger partial charge < -0.3 is 10.6 Å². The monoisotopic (exact) mass is 393 g/mol. The van der Waals surface area contributed by atoms with Crippen LogP contribution in [0.3, 0.4) is 0 Å². The molecular formula is C21H16ClN3O3. The van der Waals surface area contributed by atoms with Crippen LogP contribution >= 0.6 is 11.6 Å². The van der Waals surface area contributed by atoms with E-state index in [0.29, 0.717) is 22.0 Å². The lowest BCUT2D eigenvalue weighted by molar-refractivity contribution is 0.100. The van der Waals surface area contributed by atoms with Crippen molar-refractivity contribution in [3.8, 4) is 0 Å². The standard InChI is InChI=1S/C21H16ClN3O3/c1-13(26)14-5-4-6-17(10-14)24-20(27)15-9-16(12-23-11-15)21(28)25-19-8-3-2-7-18(19)22/h2-12H,1H3,(H,24,27)(H,25,28). The molecule has 28 heavy (non-hydrogen) atoms. The maximum atomic E-state index is 12.5. The fourth-order valence-electron chi connectivity index (χ4n) is 2.46. The fraction of sp³-hybridized carbons (Fsp3) is 0.0476. The van der Waals surface area contributed by atoms with Crippen LogP contribution in [0.15, 0.2) is 67.0 Å². The van der Waals surface area contributed by atoms with Gasteiger partial charge in [0, 0.05) is 23.6 Å². The van der Waals surface area contributed by atoms with Crippen LogP contribution in [0.25, 0.3) is 0 Å². The number of carbonyl (C=O) groups is 3. The summed E-state index contributed by atoms with van der Waals surface area (Å²) in [5.74, 6) is -0.981. The fourth-order valence-corrected chi connectivity index (χ4v) is 2.65. The molecule has 7 heteroatoms. The van der Waals surface area contributed by atoms with Crippen LogP contribution in [0.4, 0.5) is 11.4 Å². The van der Waals surface area contributed by atoms with Gasteiger partial charge in [0.15, 0.2) is 5.78 Å². The number of Topliss-reactive ketones (excluding diaryl/α,β-unsaturated/α-hetero) is 1. The first-order chi connectivity index (χ1) is 13.4. The predicted molar refractivity (Wildman–Crippen MR) is 108 cm³/mol. The maximum Gasteiger partial charge on any atom is 0.257 e. The van der Waals surface area contributed by atoms with E-state index in [2.05, 4.69) is 15.6 Å². The molecule has 0 spiro atoms. The van der Waals surface area contributed by atoms with Crippen molar-refractivity contribution in [2.75, 3.05) is 10.6 Å². The minimum absolute atomic E-state index is 0.101. The molecule has 0 atom stereocenters. The normalized spacial score (nSPS) is 10.2. The van der Waals surface area contributed by atoms with E-state index in [9.17, 15) is 14.4 Å². The molecule has 0 saturated heterocycles. The van der Waals surface area contributed by atoms with Gasteiger partial charge in [-0.2, -0.15) is 0 Å². The minimum atomic E-state index is -0.444. The molecule has 2 amide bonds. The number of aromatic nitrogens is 1. The number of amides is 2. The molecule has 1 aromatic heterocycles. The average molecular weight is 394 g/mol. The summed E-state index contributed by atoms with van der Waals surface area (Å²) in [6.07, 6.45) is 2.72. The predicted octanol–water partition coefficient (Wildman–Crippen LogP) is 4.44. The number of nitrogens with zero attached hydrogens (tertiary/aromatic N) is 1. The van der Waals surface area contributed by atoms with E-state index in [0.717, 1.165) is 0 Å². The summed E-state index contributed by atoms with van der Waals surface area (Å²) in [6, 6.07) is 14.9. The van der Waals surface area contributed by atoms with Crippen molar-refractivity contribution in [2.24, 2.45) is 0 Å². The number of para-hydroxylation sites is 1. The molecule has 140 valence electrons. The lowest BCUT2D eigenvalue weighted by Gasteiger charge is -2.09. The van der Waals surface area contributed by atoms with Crippen molar-refractivity contribution in [3.05, 3.63) is 88.7 Å². The number of pyridine rings is 1. The van der Waals surface area contributed by atoms with E-state index in [-0.39, 0.29) is 16.9 Å². The third-order valence-corrected chi connectivity index (χ3v) is 4.24. The Kier molecular flexibility index (Phi) is 5.81. The van der Waals surface area contributed by atoms with E-state index in [1.807, 2.05) is 0 Å². The third-order valence-electron chi connectivity index (χ3n) is 3.91. The molecule has 0 bridgehead atoms. The zero-order valence-corrected chi connectivity index (χ0v) is 15.7. The Morgan fingerprint density at radius 2 is 1.50 bits per heavy atom. The smallest absolute Gasteiger partial charge is 0.257 e. The van der Waals surface area contributed by atoms with Crippen molar-refractivity contribution in [3.63, 3.8) is 0 Å². The molecule has 0 unspecified atom stereocenters. The highest BCUT2D eigenvalue weighted by molar-refractivity contribution is 6.33. The molecule has 2 aromatic carbocycles. The zero-order chi connectivity index (χ0) is 20.1. The maximum absolute atomic E-state index is 12.5. The molecule has 0 aliphatic rings. The lowest BCUT2D eigenvalue weighted by atomic mass is 10.1. The number of ketones is 1. The van der Waals surface area contributed by atoms with Gasteiger partial charge in [0.25, 0.3) is 11.8 Å². The molecule has 0 aliphatic carbocycles. The van der Waals surface area contributed by atoms with E-state index in [1.165, 1.54) is 25.4 Å². The van der Waals surface area contributed by atoms with Gasteiger partial charge in [-0.05, 0) is 37.3 Å². The molecule has 2 N–H and O–H groups in total. The highest BCUT2D eigenvalue weighted by Gasteiger charge is 2.13. The number of nitrogens with one attached hydrogen (secondary N) is 2. The highest BCUT2D eigenvalue weighted by atomic mass is 35.5. The van der Waals surface area contributed by atoms with Gasteiger partial charge in [-0.1, -0.05) is 35.9 Å². The van der Waals surface area contributed by atoms with Crippen molar-refractivity contribution >= 4 is 40.6 Å². The number of hydrogen-bond acceptors (Lipinski definition) is 4. The van der Waals surface area contributed by atoms with Crippen LogP contribution < -0.4 is 10.6 Å². The van der Waals surface area contributed by atoms with Crippen molar-refractivity contribution in [1.82, 2.24) is 4.98 Å². The van der Waals surface area contributed by atoms with Crippen molar-refractivity contribution < 1.29 is 14.4 Å². The van der Waals surface area contributed by atoms with Crippen LogP contribution in [0.5, 0.6) is 0 Å². The van der Waals surface area contributed by atoms with E-state index >= 15 is 0 Å². The summed E-state index contributed by atoms with van der Waals surface area (Å²) >= 11 is 6.04. The molecule has 3 aromatic rings. The Morgan fingerprint density at radius 1 is 0.821 bits per heavy atom. The SMILES string of the molecule is CC(=O)c1cccc(NC(=O)c2cncc(C(=O)Nc3ccccc3Cl)c2)c1. The summed E-state index contributed by atoms with van der Waals surface area (Å²) in [4.78, 5) is 40.4. The topological polar surface area (TPSA) is 88.2 Å². The van der Waals surface area contributed by atoms with Gasteiger partial charge >= 0.3 is 0 Å². The molecule has 0 saturated carbocycles.